The van der Waals surface area contributed by atoms with Crippen LogP contribution in [0.1, 0.15) is 58.3 Å². The molecule has 0 amide bonds. The van der Waals surface area contributed by atoms with Crippen LogP contribution in [-0.4, -0.2) is 12.1 Å². The summed E-state index contributed by atoms with van der Waals surface area (Å²) in [5, 5.41) is 3.98. The lowest BCUT2D eigenvalue weighted by Crippen LogP contribution is -2.42. The Kier molecular flexibility index (Phi) is 2.76. The van der Waals surface area contributed by atoms with E-state index in [0.29, 0.717) is 0 Å². The van der Waals surface area contributed by atoms with Crippen molar-refractivity contribution < 1.29 is 0 Å². The summed E-state index contributed by atoms with van der Waals surface area (Å²) in [4.78, 5) is 0. The van der Waals surface area contributed by atoms with E-state index in [9.17, 15) is 0 Å². The molecule has 0 heterocycles. The summed E-state index contributed by atoms with van der Waals surface area (Å²) in [5.41, 5.74) is 0. The Morgan fingerprint density at radius 1 is 0.800 bits per heavy atom. The van der Waals surface area contributed by atoms with Crippen LogP contribution in [0.3, 0.4) is 0 Å². The SMILES string of the molecule is C[C@H](NC(C1CC1)C1CC1)C1CCCC1. The first kappa shape index (κ1) is 10.1. The first-order chi connectivity index (χ1) is 7.34. The molecular weight excluding hydrogens is 182 g/mol. The zero-order chi connectivity index (χ0) is 10.3. The Hall–Kier alpha value is -0.0400. The van der Waals surface area contributed by atoms with Crippen LogP contribution in [-0.2, 0) is 0 Å². The molecule has 0 radical (unpaired) electrons. The van der Waals surface area contributed by atoms with Crippen LogP contribution in [0, 0.1) is 17.8 Å². The van der Waals surface area contributed by atoms with Crippen LogP contribution in [0.2, 0.25) is 0 Å². The summed E-state index contributed by atoms with van der Waals surface area (Å²) in [7, 11) is 0. The molecule has 3 aliphatic carbocycles. The van der Waals surface area contributed by atoms with Gasteiger partial charge in [0, 0.05) is 12.1 Å². The first-order valence-corrected chi connectivity index (χ1v) is 7.10. The average Bonchev–Trinajstić information content (AvgIpc) is 3.15. The van der Waals surface area contributed by atoms with Gasteiger partial charge in [0.2, 0.25) is 0 Å². The van der Waals surface area contributed by atoms with Crippen molar-refractivity contribution >= 4 is 0 Å². The molecule has 1 heteroatoms. The van der Waals surface area contributed by atoms with Gasteiger partial charge in [0.1, 0.15) is 0 Å². The molecule has 3 aliphatic rings. The zero-order valence-electron chi connectivity index (χ0n) is 10.0. The van der Waals surface area contributed by atoms with E-state index in [2.05, 4.69) is 12.2 Å². The van der Waals surface area contributed by atoms with Crippen molar-refractivity contribution in [3.63, 3.8) is 0 Å². The van der Waals surface area contributed by atoms with Gasteiger partial charge in [-0.25, -0.2) is 0 Å². The second-order valence-electron chi connectivity index (χ2n) is 6.20. The highest BCUT2D eigenvalue weighted by molar-refractivity contribution is 4.98. The maximum Gasteiger partial charge on any atom is 0.0126 e. The predicted octanol–water partition coefficient (Wildman–Crippen LogP) is 3.34. The molecular formula is C14H25N. The third-order valence-electron chi connectivity index (χ3n) is 4.82. The van der Waals surface area contributed by atoms with E-state index in [4.69, 9.17) is 0 Å². The molecule has 0 aromatic carbocycles. The Bertz CT molecular complexity index is 199. The van der Waals surface area contributed by atoms with Gasteiger partial charge < -0.3 is 5.32 Å². The van der Waals surface area contributed by atoms with Gasteiger partial charge in [0.05, 0.1) is 0 Å². The molecule has 15 heavy (non-hydrogen) atoms. The summed E-state index contributed by atoms with van der Waals surface area (Å²) in [5.74, 6) is 3.10. The Labute approximate surface area is 94.0 Å². The number of hydrogen-bond donors (Lipinski definition) is 1. The Balaban J connectivity index is 1.52. The van der Waals surface area contributed by atoms with E-state index in [1.54, 1.807) is 0 Å². The molecule has 0 aromatic rings. The van der Waals surface area contributed by atoms with Gasteiger partial charge in [0.25, 0.3) is 0 Å². The minimum absolute atomic E-state index is 0.790. The zero-order valence-corrected chi connectivity index (χ0v) is 10.0. The quantitative estimate of drug-likeness (QED) is 0.729. The van der Waals surface area contributed by atoms with Crippen LogP contribution in [0.4, 0.5) is 0 Å². The Morgan fingerprint density at radius 2 is 1.33 bits per heavy atom. The molecule has 0 unspecified atom stereocenters. The molecule has 0 spiro atoms. The van der Waals surface area contributed by atoms with E-state index in [-0.39, 0.29) is 0 Å². The number of nitrogens with one attached hydrogen (secondary N) is 1. The van der Waals surface area contributed by atoms with E-state index in [1.807, 2.05) is 0 Å². The predicted molar refractivity (Wildman–Crippen MR) is 63.8 cm³/mol. The molecule has 3 rings (SSSR count). The molecule has 86 valence electrons. The third-order valence-corrected chi connectivity index (χ3v) is 4.82. The van der Waals surface area contributed by atoms with E-state index >= 15 is 0 Å². The highest BCUT2D eigenvalue weighted by Gasteiger charge is 2.42. The maximum absolute atomic E-state index is 3.98. The first-order valence-electron chi connectivity index (χ1n) is 7.10. The highest BCUT2D eigenvalue weighted by Crippen LogP contribution is 2.45. The van der Waals surface area contributed by atoms with Crippen molar-refractivity contribution in [2.24, 2.45) is 17.8 Å². The maximum atomic E-state index is 3.98. The molecule has 1 nitrogen and oxygen atoms in total. The summed E-state index contributed by atoms with van der Waals surface area (Å²) >= 11 is 0. The van der Waals surface area contributed by atoms with Gasteiger partial charge in [-0.05, 0) is 63.2 Å². The fraction of sp³-hybridized carbons (Fsp3) is 1.00. The van der Waals surface area contributed by atoms with Gasteiger partial charge in [-0.2, -0.15) is 0 Å². The van der Waals surface area contributed by atoms with Crippen LogP contribution >= 0.6 is 0 Å². The van der Waals surface area contributed by atoms with Crippen molar-refractivity contribution in [1.29, 1.82) is 0 Å². The molecule has 1 atom stereocenters. The largest absolute Gasteiger partial charge is 0.311 e. The topological polar surface area (TPSA) is 12.0 Å². The average molecular weight is 207 g/mol. The van der Waals surface area contributed by atoms with Gasteiger partial charge in [-0.3, -0.25) is 0 Å². The number of hydrogen-bond acceptors (Lipinski definition) is 1. The minimum Gasteiger partial charge on any atom is -0.311 e. The van der Waals surface area contributed by atoms with Crippen LogP contribution in [0.15, 0.2) is 0 Å². The number of rotatable bonds is 5. The van der Waals surface area contributed by atoms with Gasteiger partial charge in [0.15, 0.2) is 0 Å². The summed E-state index contributed by atoms with van der Waals surface area (Å²) in [6.45, 7) is 2.44. The van der Waals surface area contributed by atoms with Crippen molar-refractivity contribution in [1.82, 2.24) is 5.32 Å². The lowest BCUT2D eigenvalue weighted by Gasteiger charge is -2.27. The van der Waals surface area contributed by atoms with E-state index < -0.39 is 0 Å². The summed E-state index contributed by atoms with van der Waals surface area (Å²) in [6, 6.07) is 1.69. The van der Waals surface area contributed by atoms with Crippen molar-refractivity contribution in [3.8, 4) is 0 Å². The molecule has 0 bridgehead atoms. The highest BCUT2D eigenvalue weighted by atomic mass is 15.0. The third kappa shape index (κ3) is 2.38. The van der Waals surface area contributed by atoms with E-state index in [1.165, 1.54) is 51.4 Å². The normalized spacial score (nSPS) is 30.0. The molecule has 0 aliphatic heterocycles. The molecule has 0 aromatic heterocycles. The lowest BCUT2D eigenvalue weighted by molar-refractivity contribution is 0.304. The fourth-order valence-electron chi connectivity index (χ4n) is 3.46. The van der Waals surface area contributed by atoms with Crippen molar-refractivity contribution in [3.05, 3.63) is 0 Å². The fourth-order valence-corrected chi connectivity index (χ4v) is 3.46. The lowest BCUT2D eigenvalue weighted by atomic mass is 9.97. The van der Waals surface area contributed by atoms with Crippen LogP contribution in [0.5, 0.6) is 0 Å². The monoisotopic (exact) mass is 207 g/mol. The second kappa shape index (κ2) is 4.08. The van der Waals surface area contributed by atoms with Gasteiger partial charge >= 0.3 is 0 Å². The van der Waals surface area contributed by atoms with Crippen molar-refractivity contribution in [2.45, 2.75) is 70.4 Å². The molecule has 0 saturated heterocycles. The smallest absolute Gasteiger partial charge is 0.0126 e. The van der Waals surface area contributed by atoms with Crippen LogP contribution in [0.25, 0.3) is 0 Å². The standard InChI is InChI=1S/C14H25N/c1-10(11-4-2-3-5-11)15-14(12-6-7-12)13-8-9-13/h10-15H,2-9H2,1H3/t10-/m0/s1. The minimum atomic E-state index is 0.790. The Morgan fingerprint density at radius 3 is 1.80 bits per heavy atom. The van der Waals surface area contributed by atoms with Crippen LogP contribution < -0.4 is 5.32 Å². The molecule has 1 N–H and O–H groups in total. The van der Waals surface area contributed by atoms with Gasteiger partial charge in [-0.1, -0.05) is 12.8 Å². The second-order valence-corrected chi connectivity index (χ2v) is 6.20. The van der Waals surface area contributed by atoms with Gasteiger partial charge in [-0.15, -0.1) is 0 Å². The molecule has 3 saturated carbocycles. The summed E-state index contributed by atoms with van der Waals surface area (Å²) < 4.78 is 0. The molecule has 3 fully saturated rings. The van der Waals surface area contributed by atoms with Crippen molar-refractivity contribution in [2.75, 3.05) is 0 Å². The summed E-state index contributed by atoms with van der Waals surface area (Å²) in [6.07, 6.45) is 11.9. The van der Waals surface area contributed by atoms with E-state index in [0.717, 1.165) is 29.8 Å².